The van der Waals surface area contributed by atoms with Crippen molar-refractivity contribution in [2.45, 2.75) is 23.9 Å². The van der Waals surface area contributed by atoms with Crippen molar-refractivity contribution in [2.24, 2.45) is 0 Å². The summed E-state index contributed by atoms with van der Waals surface area (Å²) in [4.78, 5) is 0. The first-order valence-corrected chi connectivity index (χ1v) is 10.1. The number of aromatic nitrogens is 2. The summed E-state index contributed by atoms with van der Waals surface area (Å²) in [5.74, 6) is 0. The van der Waals surface area contributed by atoms with Crippen LogP contribution in [0.2, 0.25) is 0 Å². The average Bonchev–Trinajstić information content (AvgIpc) is 3.19. The van der Waals surface area contributed by atoms with Gasteiger partial charge in [0.25, 0.3) is 0 Å². The summed E-state index contributed by atoms with van der Waals surface area (Å²) in [6.45, 7) is 0. The monoisotopic (exact) mass is 360 g/mol. The first-order valence-electron chi connectivity index (χ1n) is 10.1. The summed E-state index contributed by atoms with van der Waals surface area (Å²) in [6, 6.07) is 31.2. The van der Waals surface area contributed by atoms with Gasteiger partial charge in [-0.25, -0.2) is 0 Å². The van der Waals surface area contributed by atoms with Gasteiger partial charge < -0.3 is 0 Å². The Morgan fingerprint density at radius 3 is 1.43 bits per heavy atom. The maximum absolute atomic E-state index is 2.53. The quantitative estimate of drug-likeness (QED) is 0.415. The van der Waals surface area contributed by atoms with Crippen LogP contribution in [0.25, 0.3) is 22.5 Å². The SMILES string of the molecule is c1ccc2c(c1)-c1cccc[n+]1C21CC2(C1)c1ccccc1-c1cccc[n+]12. The zero-order valence-electron chi connectivity index (χ0n) is 15.5. The van der Waals surface area contributed by atoms with Crippen LogP contribution in [-0.4, -0.2) is 0 Å². The van der Waals surface area contributed by atoms with Crippen LogP contribution in [0, 0.1) is 0 Å². The van der Waals surface area contributed by atoms with Gasteiger partial charge in [-0.15, -0.1) is 0 Å². The Hall–Kier alpha value is -3.26. The van der Waals surface area contributed by atoms with Crippen molar-refractivity contribution in [2.75, 3.05) is 0 Å². The topological polar surface area (TPSA) is 7.76 Å². The van der Waals surface area contributed by atoms with Gasteiger partial charge in [-0.2, -0.15) is 9.13 Å². The minimum atomic E-state index is 0.0464. The summed E-state index contributed by atoms with van der Waals surface area (Å²) in [5.41, 5.74) is 8.53. The van der Waals surface area contributed by atoms with Crippen molar-refractivity contribution in [1.82, 2.24) is 0 Å². The molecule has 2 heteroatoms. The fraction of sp³-hybridized carbons (Fsp3) is 0.154. The highest BCUT2D eigenvalue weighted by Crippen LogP contribution is 2.60. The van der Waals surface area contributed by atoms with Crippen LogP contribution >= 0.6 is 0 Å². The Morgan fingerprint density at radius 1 is 0.500 bits per heavy atom. The second-order valence-electron chi connectivity index (χ2n) is 8.42. The summed E-state index contributed by atoms with van der Waals surface area (Å²) in [6.07, 6.45) is 6.74. The smallest absolute Gasteiger partial charge is 0.188 e. The Labute approximate surface area is 164 Å². The lowest BCUT2D eigenvalue weighted by molar-refractivity contribution is -0.824. The van der Waals surface area contributed by atoms with Crippen LogP contribution in [0.15, 0.2) is 97.3 Å². The standard InChI is InChI=1S/C26H20N2/c1-3-11-21-19(9-1)23-13-5-7-15-27(23)25(21)17-26(18-25)22-12-4-2-10-20(22)24-14-6-8-16-28(24)26/h1-16H,17-18H2/q+2. The molecule has 2 aromatic carbocycles. The lowest BCUT2D eigenvalue weighted by Gasteiger charge is -2.45. The minimum absolute atomic E-state index is 0.0464. The van der Waals surface area contributed by atoms with Gasteiger partial charge >= 0.3 is 0 Å². The van der Waals surface area contributed by atoms with Crippen molar-refractivity contribution in [3.05, 3.63) is 108 Å². The van der Waals surface area contributed by atoms with E-state index in [0.29, 0.717) is 0 Å². The molecule has 2 aliphatic heterocycles. The van der Waals surface area contributed by atoms with E-state index in [1.165, 1.54) is 33.6 Å². The van der Waals surface area contributed by atoms with E-state index >= 15 is 0 Å². The zero-order valence-corrected chi connectivity index (χ0v) is 15.5. The van der Waals surface area contributed by atoms with E-state index in [2.05, 4.69) is 106 Å². The van der Waals surface area contributed by atoms with Crippen LogP contribution in [0.5, 0.6) is 0 Å². The molecular formula is C26H20N2+2. The molecule has 0 bridgehead atoms. The molecule has 0 saturated heterocycles. The molecule has 0 radical (unpaired) electrons. The Bertz CT molecular complexity index is 1090. The second kappa shape index (κ2) is 4.77. The lowest BCUT2D eigenvalue weighted by Crippen LogP contribution is -2.74. The number of nitrogens with zero attached hydrogens (tertiary/aromatic N) is 2. The van der Waals surface area contributed by atoms with E-state index in [0.717, 1.165) is 12.8 Å². The molecule has 0 N–H and O–H groups in total. The van der Waals surface area contributed by atoms with E-state index in [1.807, 2.05) is 0 Å². The van der Waals surface area contributed by atoms with Gasteiger partial charge in [0.2, 0.25) is 22.5 Å². The molecule has 2 spiro atoms. The van der Waals surface area contributed by atoms with Crippen LogP contribution in [-0.2, 0) is 11.1 Å². The Kier molecular flexibility index (Phi) is 2.51. The molecule has 132 valence electrons. The van der Waals surface area contributed by atoms with Gasteiger partial charge in [-0.1, -0.05) is 36.4 Å². The van der Waals surface area contributed by atoms with E-state index in [1.54, 1.807) is 0 Å². The van der Waals surface area contributed by atoms with E-state index < -0.39 is 0 Å². The molecule has 2 aromatic heterocycles. The highest BCUT2D eigenvalue weighted by atomic mass is 15.2. The molecule has 7 rings (SSSR count). The average molecular weight is 360 g/mol. The third kappa shape index (κ3) is 1.50. The first-order chi connectivity index (χ1) is 13.8. The van der Waals surface area contributed by atoms with Gasteiger partial charge in [0.15, 0.2) is 12.4 Å². The molecule has 0 atom stereocenters. The van der Waals surface area contributed by atoms with Crippen molar-refractivity contribution in [3.8, 4) is 22.5 Å². The number of rotatable bonds is 0. The number of benzene rings is 2. The fourth-order valence-electron chi connectivity index (χ4n) is 6.19. The van der Waals surface area contributed by atoms with Gasteiger partial charge in [-0.05, 0) is 24.3 Å². The fourth-order valence-corrected chi connectivity index (χ4v) is 6.19. The lowest BCUT2D eigenvalue weighted by atomic mass is 9.57. The predicted octanol–water partition coefficient (Wildman–Crippen LogP) is 4.20. The third-order valence-electron chi connectivity index (χ3n) is 7.22. The highest BCUT2D eigenvalue weighted by Gasteiger charge is 2.74. The van der Waals surface area contributed by atoms with Gasteiger partial charge in [0.05, 0.1) is 24.0 Å². The molecule has 1 saturated carbocycles. The molecule has 4 heterocycles. The molecule has 2 nitrogen and oxygen atoms in total. The minimum Gasteiger partial charge on any atom is -0.188 e. The van der Waals surface area contributed by atoms with Crippen molar-refractivity contribution in [1.29, 1.82) is 0 Å². The van der Waals surface area contributed by atoms with E-state index in [-0.39, 0.29) is 11.1 Å². The number of hydrogen-bond acceptors (Lipinski definition) is 0. The summed E-state index contributed by atoms with van der Waals surface area (Å²) < 4.78 is 5.07. The summed E-state index contributed by atoms with van der Waals surface area (Å²) >= 11 is 0. The van der Waals surface area contributed by atoms with Crippen molar-refractivity contribution >= 4 is 0 Å². The van der Waals surface area contributed by atoms with Gasteiger partial charge in [0, 0.05) is 35.4 Å². The van der Waals surface area contributed by atoms with Gasteiger partial charge in [-0.3, -0.25) is 0 Å². The molecule has 0 amide bonds. The van der Waals surface area contributed by atoms with Crippen LogP contribution in [0.3, 0.4) is 0 Å². The molecule has 3 aliphatic rings. The zero-order chi connectivity index (χ0) is 18.3. The maximum atomic E-state index is 2.53. The van der Waals surface area contributed by atoms with Crippen LogP contribution < -0.4 is 9.13 Å². The maximum Gasteiger partial charge on any atom is 0.213 e. The molecule has 1 fully saturated rings. The van der Waals surface area contributed by atoms with Crippen LogP contribution in [0.1, 0.15) is 24.0 Å². The van der Waals surface area contributed by atoms with E-state index in [9.17, 15) is 0 Å². The van der Waals surface area contributed by atoms with Crippen LogP contribution in [0.4, 0.5) is 0 Å². The van der Waals surface area contributed by atoms with Gasteiger partial charge in [0.1, 0.15) is 0 Å². The van der Waals surface area contributed by atoms with E-state index in [4.69, 9.17) is 0 Å². The molecule has 4 aromatic rings. The number of hydrogen-bond donors (Lipinski definition) is 0. The number of fused-ring (bicyclic) bond motifs is 10. The highest BCUT2D eigenvalue weighted by molar-refractivity contribution is 5.70. The Balaban J connectivity index is 1.48. The second-order valence-corrected chi connectivity index (χ2v) is 8.42. The molecule has 1 aliphatic carbocycles. The Morgan fingerprint density at radius 2 is 0.929 bits per heavy atom. The first kappa shape index (κ1) is 14.8. The predicted molar refractivity (Wildman–Crippen MR) is 108 cm³/mol. The van der Waals surface area contributed by atoms with Crippen molar-refractivity contribution in [3.63, 3.8) is 0 Å². The van der Waals surface area contributed by atoms with Crippen molar-refractivity contribution < 1.29 is 9.13 Å². The third-order valence-corrected chi connectivity index (χ3v) is 7.22. The molecule has 28 heavy (non-hydrogen) atoms. The summed E-state index contributed by atoms with van der Waals surface area (Å²) in [7, 11) is 0. The largest absolute Gasteiger partial charge is 0.213 e. The normalized spacial score (nSPS) is 25.1. The molecule has 0 unspecified atom stereocenters. The summed E-state index contributed by atoms with van der Waals surface area (Å²) in [5, 5.41) is 0. The molecular weight excluding hydrogens is 340 g/mol. The number of pyridine rings is 2.